The van der Waals surface area contributed by atoms with Crippen LogP contribution in [-0.4, -0.2) is 42.3 Å². The van der Waals surface area contributed by atoms with Crippen LogP contribution in [-0.2, 0) is 14.4 Å². The number of hydrogen-bond donors (Lipinski definition) is 2. The van der Waals surface area contributed by atoms with Crippen molar-refractivity contribution in [3.63, 3.8) is 0 Å². The standard InChI is InChI=1S/C20H12Cl2N2O8/c21-12-4-9(5-13(22)17(12)30-7-16(25)26)3-11-18(27)23-20(29)24(19(11)28)10-1-2-14-15(6-10)32-8-31-14/h1-6H,7-8H2,(H,25,26)(H,23,27,29)/b11-3+. The number of ether oxygens (including phenoxy) is 3. The number of amides is 4. The fourth-order valence-corrected chi connectivity index (χ4v) is 3.63. The van der Waals surface area contributed by atoms with Gasteiger partial charge in [0.1, 0.15) is 5.57 Å². The van der Waals surface area contributed by atoms with Gasteiger partial charge in [-0.2, -0.15) is 0 Å². The Kier molecular flexibility index (Phi) is 5.64. The monoisotopic (exact) mass is 478 g/mol. The van der Waals surface area contributed by atoms with Crippen molar-refractivity contribution in [3.8, 4) is 17.2 Å². The van der Waals surface area contributed by atoms with Gasteiger partial charge in [-0.1, -0.05) is 23.2 Å². The maximum atomic E-state index is 13.0. The highest BCUT2D eigenvalue weighted by Gasteiger charge is 2.37. The molecule has 0 saturated carbocycles. The number of carbonyl (C=O) groups excluding carboxylic acids is 3. The number of imide groups is 2. The van der Waals surface area contributed by atoms with Crippen LogP contribution in [0.15, 0.2) is 35.9 Å². The smallest absolute Gasteiger partial charge is 0.341 e. The molecule has 2 aliphatic heterocycles. The number of fused-ring (bicyclic) bond motifs is 1. The minimum Gasteiger partial charge on any atom is -0.479 e. The van der Waals surface area contributed by atoms with E-state index in [2.05, 4.69) is 5.32 Å². The molecule has 32 heavy (non-hydrogen) atoms. The van der Waals surface area contributed by atoms with Crippen LogP contribution in [0.4, 0.5) is 10.5 Å². The summed E-state index contributed by atoms with van der Waals surface area (Å²) in [7, 11) is 0. The number of nitrogens with one attached hydrogen (secondary N) is 1. The Hall–Kier alpha value is -3.76. The summed E-state index contributed by atoms with van der Waals surface area (Å²) in [5.41, 5.74) is 0.0680. The molecule has 12 heteroatoms. The Bertz CT molecular complexity index is 1190. The van der Waals surface area contributed by atoms with Crippen LogP contribution in [0.3, 0.4) is 0 Å². The molecule has 4 amide bonds. The van der Waals surface area contributed by atoms with Gasteiger partial charge in [0.15, 0.2) is 23.9 Å². The lowest BCUT2D eigenvalue weighted by molar-refractivity contribution is -0.139. The molecule has 1 saturated heterocycles. The van der Waals surface area contributed by atoms with Crippen molar-refractivity contribution < 1.29 is 38.5 Å². The highest BCUT2D eigenvalue weighted by molar-refractivity contribution is 6.40. The number of nitrogens with zero attached hydrogens (tertiary/aromatic N) is 1. The van der Waals surface area contributed by atoms with Gasteiger partial charge in [-0.15, -0.1) is 0 Å². The van der Waals surface area contributed by atoms with E-state index in [0.717, 1.165) is 4.90 Å². The molecule has 0 aliphatic carbocycles. The molecular formula is C20H12Cl2N2O8. The molecule has 2 N–H and O–H groups in total. The van der Waals surface area contributed by atoms with E-state index < -0.39 is 30.4 Å². The Morgan fingerprint density at radius 1 is 1.12 bits per heavy atom. The number of carboxylic acids is 1. The van der Waals surface area contributed by atoms with Crippen molar-refractivity contribution in [2.24, 2.45) is 0 Å². The van der Waals surface area contributed by atoms with E-state index >= 15 is 0 Å². The zero-order chi connectivity index (χ0) is 23.0. The first-order valence-electron chi connectivity index (χ1n) is 8.89. The Morgan fingerprint density at radius 3 is 2.50 bits per heavy atom. The van der Waals surface area contributed by atoms with Crippen molar-refractivity contribution in [1.29, 1.82) is 0 Å². The summed E-state index contributed by atoms with van der Waals surface area (Å²) >= 11 is 12.2. The van der Waals surface area contributed by atoms with Gasteiger partial charge < -0.3 is 19.3 Å². The number of barbiturate groups is 1. The van der Waals surface area contributed by atoms with Crippen molar-refractivity contribution in [2.45, 2.75) is 0 Å². The second-order valence-corrected chi connectivity index (χ2v) is 7.31. The summed E-state index contributed by atoms with van der Waals surface area (Å²) in [5.74, 6) is -2.26. The third-order valence-electron chi connectivity index (χ3n) is 4.39. The van der Waals surface area contributed by atoms with E-state index in [0.29, 0.717) is 11.5 Å². The minimum atomic E-state index is -1.22. The second kappa shape index (κ2) is 8.40. The maximum absolute atomic E-state index is 13.0. The molecule has 0 spiro atoms. The molecule has 0 atom stereocenters. The SMILES string of the molecule is O=C(O)COc1c(Cl)cc(/C=C2\C(=O)NC(=O)N(c3ccc4c(c3)OCO4)C2=O)cc1Cl. The van der Waals surface area contributed by atoms with Gasteiger partial charge in [-0.05, 0) is 35.9 Å². The molecule has 164 valence electrons. The molecule has 2 aliphatic rings. The molecule has 2 aromatic carbocycles. The summed E-state index contributed by atoms with van der Waals surface area (Å²) in [6, 6.07) is 6.19. The largest absolute Gasteiger partial charge is 0.479 e. The van der Waals surface area contributed by atoms with Crippen LogP contribution in [0.25, 0.3) is 6.08 Å². The predicted molar refractivity (Wildman–Crippen MR) is 111 cm³/mol. The van der Waals surface area contributed by atoms with E-state index in [1.54, 1.807) is 0 Å². The fourth-order valence-electron chi connectivity index (χ4n) is 3.02. The lowest BCUT2D eigenvalue weighted by Crippen LogP contribution is -2.54. The van der Waals surface area contributed by atoms with Gasteiger partial charge in [-0.25, -0.2) is 14.5 Å². The van der Waals surface area contributed by atoms with Gasteiger partial charge in [0.2, 0.25) is 6.79 Å². The van der Waals surface area contributed by atoms with Crippen LogP contribution in [0.5, 0.6) is 17.2 Å². The fraction of sp³-hybridized carbons (Fsp3) is 0.100. The molecule has 2 aromatic rings. The summed E-state index contributed by atoms with van der Waals surface area (Å²) < 4.78 is 15.5. The summed E-state index contributed by atoms with van der Waals surface area (Å²) in [6.45, 7) is -0.649. The number of rotatable bonds is 5. The summed E-state index contributed by atoms with van der Waals surface area (Å²) in [5, 5.41) is 10.8. The second-order valence-electron chi connectivity index (χ2n) is 6.49. The van der Waals surface area contributed by atoms with Gasteiger partial charge in [-0.3, -0.25) is 14.9 Å². The van der Waals surface area contributed by atoms with E-state index in [1.165, 1.54) is 36.4 Å². The average molecular weight is 479 g/mol. The normalized spacial score (nSPS) is 16.4. The van der Waals surface area contributed by atoms with E-state index in [9.17, 15) is 19.2 Å². The first-order valence-corrected chi connectivity index (χ1v) is 9.65. The number of urea groups is 1. The lowest BCUT2D eigenvalue weighted by Gasteiger charge is -2.26. The number of halogens is 2. The zero-order valence-corrected chi connectivity index (χ0v) is 17.4. The topological polar surface area (TPSA) is 131 Å². The van der Waals surface area contributed by atoms with Crippen LogP contribution >= 0.6 is 23.2 Å². The molecule has 0 aromatic heterocycles. The molecule has 2 heterocycles. The molecule has 10 nitrogen and oxygen atoms in total. The van der Waals surface area contributed by atoms with E-state index in [4.69, 9.17) is 42.5 Å². The number of aliphatic carboxylic acids is 1. The molecule has 0 bridgehead atoms. The van der Waals surface area contributed by atoms with Gasteiger partial charge >= 0.3 is 12.0 Å². The Labute approximate surface area is 189 Å². The van der Waals surface area contributed by atoms with Crippen molar-refractivity contribution >= 4 is 58.8 Å². The molecule has 0 unspecified atom stereocenters. The highest BCUT2D eigenvalue weighted by atomic mass is 35.5. The molecule has 4 rings (SSSR count). The Balaban J connectivity index is 1.67. The number of anilines is 1. The molecular weight excluding hydrogens is 467 g/mol. The summed E-state index contributed by atoms with van der Waals surface area (Å²) in [4.78, 5) is 49.2. The third-order valence-corrected chi connectivity index (χ3v) is 4.95. The first-order chi connectivity index (χ1) is 15.2. The van der Waals surface area contributed by atoms with Gasteiger partial charge in [0.25, 0.3) is 11.8 Å². The average Bonchev–Trinajstić information content (AvgIpc) is 3.18. The number of benzene rings is 2. The third kappa shape index (κ3) is 4.05. The van der Waals surface area contributed by atoms with Crippen LogP contribution in [0.2, 0.25) is 10.0 Å². The van der Waals surface area contributed by atoms with Crippen molar-refractivity contribution in [3.05, 3.63) is 51.5 Å². The van der Waals surface area contributed by atoms with Gasteiger partial charge in [0, 0.05) is 6.07 Å². The molecule has 1 fully saturated rings. The lowest BCUT2D eigenvalue weighted by atomic mass is 10.1. The first kappa shape index (κ1) is 21.5. The van der Waals surface area contributed by atoms with Crippen LogP contribution in [0, 0.1) is 0 Å². The van der Waals surface area contributed by atoms with Gasteiger partial charge in [0.05, 0.1) is 15.7 Å². The van der Waals surface area contributed by atoms with E-state index in [-0.39, 0.29) is 39.4 Å². The zero-order valence-electron chi connectivity index (χ0n) is 15.9. The Morgan fingerprint density at radius 2 is 1.81 bits per heavy atom. The highest BCUT2D eigenvalue weighted by Crippen LogP contribution is 2.37. The van der Waals surface area contributed by atoms with Crippen LogP contribution in [0.1, 0.15) is 5.56 Å². The van der Waals surface area contributed by atoms with Crippen molar-refractivity contribution in [2.75, 3.05) is 18.3 Å². The quantitative estimate of drug-likeness (QED) is 0.495. The van der Waals surface area contributed by atoms with E-state index in [1.807, 2.05) is 0 Å². The number of carbonyl (C=O) groups is 4. The summed E-state index contributed by atoms with van der Waals surface area (Å²) in [6.07, 6.45) is 1.20. The van der Waals surface area contributed by atoms with Crippen molar-refractivity contribution in [1.82, 2.24) is 5.32 Å². The maximum Gasteiger partial charge on any atom is 0.341 e. The molecule has 0 radical (unpaired) electrons. The number of hydrogen-bond acceptors (Lipinski definition) is 7. The minimum absolute atomic E-state index is 0.0102. The van der Waals surface area contributed by atoms with Crippen LogP contribution < -0.4 is 24.4 Å². The predicted octanol–water partition coefficient (Wildman–Crippen LogP) is 2.85. The number of carboxylic acid groups (broad SMARTS) is 1.